The zero-order valence-corrected chi connectivity index (χ0v) is 10.5. The summed E-state index contributed by atoms with van der Waals surface area (Å²) in [4.78, 5) is 11.9. The van der Waals surface area contributed by atoms with E-state index in [9.17, 15) is 4.79 Å². The Morgan fingerprint density at radius 3 is 3.06 bits per heavy atom. The van der Waals surface area contributed by atoms with Crippen LogP contribution in [0.2, 0.25) is 0 Å². The molecule has 0 spiro atoms. The first-order valence-corrected chi connectivity index (χ1v) is 6.60. The molecule has 1 aliphatic heterocycles. The number of aromatic nitrogens is 2. The Morgan fingerprint density at radius 1 is 1.56 bits per heavy atom. The van der Waals surface area contributed by atoms with Crippen molar-refractivity contribution < 1.29 is 9.53 Å². The molecule has 5 nitrogen and oxygen atoms in total. The predicted molar refractivity (Wildman–Crippen MR) is 65.8 cm³/mol. The van der Waals surface area contributed by atoms with Crippen LogP contribution >= 0.6 is 0 Å². The van der Waals surface area contributed by atoms with Crippen molar-refractivity contribution in [2.24, 2.45) is 11.3 Å². The Balaban J connectivity index is 1.49. The van der Waals surface area contributed by atoms with Crippen LogP contribution in [0.25, 0.3) is 0 Å². The minimum absolute atomic E-state index is 0.0607. The van der Waals surface area contributed by atoms with Gasteiger partial charge in [0.1, 0.15) is 0 Å². The molecule has 0 unspecified atom stereocenters. The van der Waals surface area contributed by atoms with Crippen molar-refractivity contribution in [1.29, 1.82) is 0 Å². The van der Waals surface area contributed by atoms with Gasteiger partial charge in [-0.2, -0.15) is 5.10 Å². The second kappa shape index (κ2) is 4.72. The van der Waals surface area contributed by atoms with Gasteiger partial charge in [0.05, 0.1) is 12.5 Å². The van der Waals surface area contributed by atoms with Crippen LogP contribution in [0, 0.1) is 11.3 Å². The molecule has 98 valence electrons. The van der Waals surface area contributed by atoms with Crippen molar-refractivity contribution in [1.82, 2.24) is 15.1 Å². The maximum atomic E-state index is 11.9. The molecule has 1 aliphatic carbocycles. The Hall–Kier alpha value is -1.36. The van der Waals surface area contributed by atoms with Gasteiger partial charge in [0.25, 0.3) is 0 Å². The van der Waals surface area contributed by atoms with Gasteiger partial charge in [-0.15, -0.1) is 0 Å². The maximum absolute atomic E-state index is 11.9. The summed E-state index contributed by atoms with van der Waals surface area (Å²) in [7, 11) is 0. The average Bonchev–Trinajstić information content (AvgIpc) is 2.84. The Morgan fingerprint density at radius 2 is 2.44 bits per heavy atom. The van der Waals surface area contributed by atoms with Crippen LogP contribution in [-0.2, 0) is 16.1 Å². The van der Waals surface area contributed by atoms with E-state index in [1.165, 1.54) is 12.8 Å². The molecule has 1 atom stereocenters. The smallest absolute Gasteiger partial charge is 0.225 e. The summed E-state index contributed by atoms with van der Waals surface area (Å²) in [5, 5.41) is 7.31. The number of hydrogen-bond acceptors (Lipinski definition) is 3. The lowest BCUT2D eigenvalue weighted by atomic mass is 10.1. The molecule has 1 aromatic heterocycles. The van der Waals surface area contributed by atoms with Crippen molar-refractivity contribution in [2.45, 2.75) is 25.8 Å². The monoisotopic (exact) mass is 249 g/mol. The molecule has 0 radical (unpaired) electrons. The first-order chi connectivity index (χ1) is 8.77. The zero-order valence-electron chi connectivity index (χ0n) is 10.5. The zero-order chi connectivity index (χ0) is 12.4. The highest BCUT2D eigenvalue weighted by atomic mass is 16.5. The second-order valence-electron chi connectivity index (χ2n) is 5.48. The molecule has 0 bridgehead atoms. The molecule has 1 saturated carbocycles. The molecular weight excluding hydrogens is 230 g/mol. The van der Waals surface area contributed by atoms with Crippen LogP contribution in [0.3, 0.4) is 0 Å². The standard InChI is InChI=1S/C13H19N3O2/c17-12(11-2-7-18-8-11)14-9-13(3-4-13)10-16-6-1-5-15-16/h1,5-6,11H,2-4,7-10H2,(H,14,17)/t11-/m1/s1. The first kappa shape index (κ1) is 11.7. The summed E-state index contributed by atoms with van der Waals surface area (Å²) < 4.78 is 7.19. The van der Waals surface area contributed by atoms with Crippen molar-refractivity contribution in [3.05, 3.63) is 18.5 Å². The highest BCUT2D eigenvalue weighted by Crippen LogP contribution is 2.46. The summed E-state index contributed by atoms with van der Waals surface area (Å²) in [6.45, 7) is 2.97. The van der Waals surface area contributed by atoms with Crippen molar-refractivity contribution >= 4 is 5.91 Å². The van der Waals surface area contributed by atoms with E-state index >= 15 is 0 Å². The van der Waals surface area contributed by atoms with E-state index in [0.29, 0.717) is 6.61 Å². The molecule has 1 N–H and O–H groups in total. The van der Waals surface area contributed by atoms with Gasteiger partial charge in [-0.25, -0.2) is 0 Å². The molecule has 2 heterocycles. The number of nitrogens with zero attached hydrogens (tertiary/aromatic N) is 2. The van der Waals surface area contributed by atoms with Gasteiger partial charge in [0.15, 0.2) is 0 Å². The molecule has 0 aromatic carbocycles. The molecule has 2 fully saturated rings. The van der Waals surface area contributed by atoms with E-state index in [1.807, 2.05) is 16.9 Å². The van der Waals surface area contributed by atoms with E-state index in [2.05, 4.69) is 10.4 Å². The third-order valence-corrected chi connectivity index (χ3v) is 3.95. The summed E-state index contributed by atoms with van der Waals surface area (Å²) in [5.41, 5.74) is 0.237. The molecule has 1 amide bonds. The summed E-state index contributed by atoms with van der Waals surface area (Å²) in [6.07, 6.45) is 6.98. The first-order valence-electron chi connectivity index (χ1n) is 6.60. The van der Waals surface area contributed by atoms with Crippen LogP contribution < -0.4 is 5.32 Å². The van der Waals surface area contributed by atoms with Gasteiger partial charge in [-0.05, 0) is 25.3 Å². The second-order valence-corrected chi connectivity index (χ2v) is 5.48. The fourth-order valence-electron chi connectivity index (χ4n) is 2.47. The summed E-state index contributed by atoms with van der Waals surface area (Å²) in [6, 6.07) is 1.94. The van der Waals surface area contributed by atoms with Crippen LogP contribution in [0.4, 0.5) is 0 Å². The van der Waals surface area contributed by atoms with Gasteiger partial charge in [-0.1, -0.05) is 0 Å². The highest BCUT2D eigenvalue weighted by Gasteiger charge is 2.43. The number of amides is 1. The van der Waals surface area contributed by atoms with Crippen LogP contribution in [0.1, 0.15) is 19.3 Å². The van der Waals surface area contributed by atoms with E-state index in [4.69, 9.17) is 4.74 Å². The van der Waals surface area contributed by atoms with Crippen LogP contribution in [0.15, 0.2) is 18.5 Å². The Bertz CT molecular complexity index is 406. The van der Waals surface area contributed by atoms with E-state index in [0.717, 1.165) is 26.1 Å². The molecule has 5 heteroatoms. The van der Waals surface area contributed by atoms with Gasteiger partial charge in [0.2, 0.25) is 5.91 Å². The number of carbonyl (C=O) groups is 1. The van der Waals surface area contributed by atoms with Gasteiger partial charge >= 0.3 is 0 Å². The molecule has 1 aromatic rings. The van der Waals surface area contributed by atoms with Gasteiger partial charge in [0, 0.05) is 37.5 Å². The summed E-state index contributed by atoms with van der Waals surface area (Å²) in [5.74, 6) is 0.213. The van der Waals surface area contributed by atoms with Crippen molar-refractivity contribution in [3.63, 3.8) is 0 Å². The number of rotatable bonds is 5. The molecule has 2 aliphatic rings. The van der Waals surface area contributed by atoms with Gasteiger partial charge < -0.3 is 10.1 Å². The lowest BCUT2D eigenvalue weighted by Gasteiger charge is -2.17. The van der Waals surface area contributed by atoms with Crippen LogP contribution in [-0.4, -0.2) is 35.4 Å². The fourth-order valence-corrected chi connectivity index (χ4v) is 2.47. The SMILES string of the molecule is O=C(NCC1(Cn2cccn2)CC1)[C@@H]1CCOC1. The predicted octanol–water partition coefficient (Wildman–Crippen LogP) is 0.816. The number of nitrogens with one attached hydrogen (secondary N) is 1. The van der Waals surface area contributed by atoms with E-state index < -0.39 is 0 Å². The number of hydrogen-bond donors (Lipinski definition) is 1. The third kappa shape index (κ3) is 2.56. The van der Waals surface area contributed by atoms with Crippen molar-refractivity contribution in [2.75, 3.05) is 19.8 Å². The molecule has 3 rings (SSSR count). The maximum Gasteiger partial charge on any atom is 0.225 e. The van der Waals surface area contributed by atoms with Crippen LogP contribution in [0.5, 0.6) is 0 Å². The Labute approximate surface area is 107 Å². The van der Waals surface area contributed by atoms with E-state index in [1.54, 1.807) is 6.20 Å². The topological polar surface area (TPSA) is 56.2 Å². The molecule has 1 saturated heterocycles. The lowest BCUT2D eigenvalue weighted by Crippen LogP contribution is -2.36. The van der Waals surface area contributed by atoms with Gasteiger partial charge in [-0.3, -0.25) is 9.48 Å². The summed E-state index contributed by atoms with van der Waals surface area (Å²) >= 11 is 0. The van der Waals surface area contributed by atoms with Crippen molar-refractivity contribution in [3.8, 4) is 0 Å². The Kier molecular flexibility index (Phi) is 3.07. The minimum Gasteiger partial charge on any atom is -0.381 e. The normalized spacial score (nSPS) is 25.0. The number of carbonyl (C=O) groups excluding carboxylic acids is 1. The quantitative estimate of drug-likeness (QED) is 0.840. The highest BCUT2D eigenvalue weighted by molar-refractivity contribution is 5.79. The minimum atomic E-state index is 0.0607. The molecular formula is C13H19N3O2. The molecule has 18 heavy (non-hydrogen) atoms. The average molecular weight is 249 g/mol. The third-order valence-electron chi connectivity index (χ3n) is 3.95. The largest absolute Gasteiger partial charge is 0.381 e. The van der Waals surface area contributed by atoms with E-state index in [-0.39, 0.29) is 17.2 Å². The lowest BCUT2D eigenvalue weighted by molar-refractivity contribution is -0.125. The fraction of sp³-hybridized carbons (Fsp3) is 0.692. The number of ether oxygens (including phenoxy) is 1.